The fourth-order valence-electron chi connectivity index (χ4n) is 3.40. The number of aliphatic hydroxyl groups excluding tert-OH is 1. The molecule has 0 aliphatic heterocycles. The third-order valence-corrected chi connectivity index (χ3v) is 4.90. The Bertz CT molecular complexity index is 1320. The van der Waals surface area contributed by atoms with Crippen molar-refractivity contribution in [3.8, 4) is 22.8 Å². The molecule has 3 aromatic carbocycles. The van der Waals surface area contributed by atoms with E-state index in [-0.39, 0.29) is 5.57 Å². The van der Waals surface area contributed by atoms with Crippen LogP contribution in [0, 0.1) is 0 Å². The predicted molar refractivity (Wildman–Crippen MR) is 123 cm³/mol. The van der Waals surface area contributed by atoms with Crippen LogP contribution in [0.5, 0.6) is 0 Å². The summed E-state index contributed by atoms with van der Waals surface area (Å²) < 4.78 is 13.4. The van der Waals surface area contributed by atoms with Gasteiger partial charge in [0.05, 0.1) is 24.9 Å². The highest BCUT2D eigenvalue weighted by atomic mass is 16.6. The summed E-state index contributed by atoms with van der Waals surface area (Å²) in [5, 5.41) is 15.0. The first kappa shape index (κ1) is 21.6. The molecule has 0 atom stereocenters. The Morgan fingerprint density at radius 3 is 2.03 bits per heavy atom. The summed E-state index contributed by atoms with van der Waals surface area (Å²) >= 11 is 0. The highest BCUT2D eigenvalue weighted by molar-refractivity contribution is 6.14. The number of aliphatic hydroxyl groups is 1. The minimum Gasteiger partial charge on any atom is -0.475 e. The average Bonchev–Trinajstić information content (AvgIpc) is 3.28. The summed E-state index contributed by atoms with van der Waals surface area (Å²) in [5.74, 6) is -0.348. The van der Waals surface area contributed by atoms with Crippen molar-refractivity contribution in [2.45, 2.75) is 0 Å². The van der Waals surface area contributed by atoms with Crippen molar-refractivity contribution in [1.29, 1.82) is 0 Å². The monoisotopic (exact) mass is 440 g/mol. The van der Waals surface area contributed by atoms with Crippen molar-refractivity contribution in [1.82, 2.24) is 9.78 Å². The highest BCUT2D eigenvalue weighted by Gasteiger charge is 2.35. The van der Waals surface area contributed by atoms with E-state index in [2.05, 4.69) is 5.73 Å². The van der Waals surface area contributed by atoms with Gasteiger partial charge in [-0.1, -0.05) is 59.3 Å². The maximum Gasteiger partial charge on any atom is 0.353 e. The van der Waals surface area contributed by atoms with E-state index in [0.29, 0.717) is 17.3 Å². The molecule has 0 unspecified atom stereocenters. The number of para-hydroxylation sites is 2. The van der Waals surface area contributed by atoms with Crippen molar-refractivity contribution in [3.63, 3.8) is 0 Å². The Morgan fingerprint density at radius 1 is 0.879 bits per heavy atom. The molecule has 0 aliphatic rings. The molecule has 1 aromatic heterocycles. The zero-order valence-electron chi connectivity index (χ0n) is 18.2. The number of nitrogens with zero attached hydrogens (tertiary/aromatic N) is 3. The van der Waals surface area contributed by atoms with Crippen molar-refractivity contribution >= 4 is 11.5 Å². The van der Waals surface area contributed by atoms with Gasteiger partial charge in [-0.2, -0.15) is 4.57 Å². The lowest BCUT2D eigenvalue weighted by molar-refractivity contribution is -0.587. The van der Waals surface area contributed by atoms with Crippen LogP contribution in [0.15, 0.2) is 103 Å². The minimum absolute atomic E-state index is 0.0563. The Labute approximate surface area is 191 Å². The van der Waals surface area contributed by atoms with E-state index in [1.807, 2.05) is 95.6 Å². The molecule has 7 nitrogen and oxygen atoms in total. The van der Waals surface area contributed by atoms with Gasteiger partial charge in [0, 0.05) is 0 Å². The summed E-state index contributed by atoms with van der Waals surface area (Å²) in [6.45, 7) is 0. The van der Waals surface area contributed by atoms with Gasteiger partial charge in [-0.15, -0.1) is 0 Å². The summed E-state index contributed by atoms with van der Waals surface area (Å²) in [6.07, 6.45) is 0. The number of carbonyl (C=O) groups excluding carboxylic acids is 1. The summed E-state index contributed by atoms with van der Waals surface area (Å²) in [4.78, 5) is 12.9. The topological polar surface area (TPSA) is 77.5 Å². The molecule has 33 heavy (non-hydrogen) atoms. The smallest absolute Gasteiger partial charge is 0.353 e. The second-order valence-corrected chi connectivity index (χ2v) is 6.93. The first-order chi connectivity index (χ1) is 16.1. The molecular formula is C26H22N3O4+. The fraction of sp³-hybridized carbons (Fsp3) is 0.0769. The minimum atomic E-state index is -0.708. The third-order valence-electron chi connectivity index (χ3n) is 4.90. The molecule has 0 fully saturated rings. The van der Waals surface area contributed by atoms with Crippen LogP contribution in [-0.2, 0) is 14.3 Å². The quantitative estimate of drug-likeness (QED) is 0.161. The Balaban J connectivity index is 2.18. The second-order valence-electron chi connectivity index (χ2n) is 6.93. The van der Waals surface area contributed by atoms with E-state index in [4.69, 9.17) is 14.6 Å². The number of carbonyl (C=O) groups is 1. The largest absolute Gasteiger partial charge is 0.475 e. The number of ether oxygens (including phenoxy) is 2. The van der Waals surface area contributed by atoms with Gasteiger partial charge in [0.2, 0.25) is 0 Å². The molecule has 0 aliphatic carbocycles. The molecular weight excluding hydrogens is 418 g/mol. The number of benzene rings is 3. The van der Waals surface area contributed by atoms with Crippen LogP contribution in [0.4, 0.5) is 0 Å². The number of aromatic nitrogens is 3. The molecule has 0 spiro atoms. The molecule has 4 rings (SSSR count). The van der Waals surface area contributed by atoms with Crippen LogP contribution in [0.1, 0.15) is 5.82 Å². The summed E-state index contributed by atoms with van der Waals surface area (Å²) in [6, 6.07) is 28.5. The zero-order valence-corrected chi connectivity index (χ0v) is 18.2. The van der Waals surface area contributed by atoms with Crippen LogP contribution in [-0.4, -0.2) is 35.1 Å². The molecule has 164 valence electrons. The van der Waals surface area contributed by atoms with Gasteiger partial charge in [-0.25, -0.2) is 4.79 Å². The zero-order chi connectivity index (χ0) is 23.2. The number of hydrogen-bond acceptors (Lipinski definition) is 5. The third kappa shape index (κ3) is 4.39. The molecule has 0 saturated heterocycles. The van der Waals surface area contributed by atoms with Gasteiger partial charge < -0.3 is 14.6 Å². The lowest BCUT2D eigenvalue weighted by atomic mass is 10.2. The van der Waals surface area contributed by atoms with Crippen molar-refractivity contribution in [2.24, 2.45) is 0 Å². The molecule has 4 aromatic rings. The van der Waals surface area contributed by atoms with E-state index in [9.17, 15) is 9.90 Å². The van der Waals surface area contributed by atoms with E-state index >= 15 is 0 Å². The Morgan fingerprint density at radius 2 is 1.45 bits per heavy atom. The number of rotatable bonds is 6. The molecule has 0 saturated carbocycles. The van der Waals surface area contributed by atoms with Crippen molar-refractivity contribution < 1.29 is 23.9 Å². The Hall–Kier alpha value is -4.61. The number of esters is 1. The van der Waals surface area contributed by atoms with E-state index < -0.39 is 11.9 Å². The van der Waals surface area contributed by atoms with Crippen LogP contribution >= 0.6 is 0 Å². The number of hydrogen-bond donors (Lipinski definition) is 1. The van der Waals surface area contributed by atoms with Crippen LogP contribution in [0.3, 0.4) is 0 Å². The molecule has 0 amide bonds. The first-order valence-corrected chi connectivity index (χ1v) is 10.2. The maximum atomic E-state index is 12.9. The van der Waals surface area contributed by atoms with Crippen LogP contribution in [0.25, 0.3) is 28.3 Å². The van der Waals surface area contributed by atoms with Gasteiger partial charge in [0.25, 0.3) is 5.82 Å². The van der Waals surface area contributed by atoms with E-state index in [0.717, 1.165) is 11.3 Å². The molecule has 1 N–H and O–H groups in total. The second kappa shape index (κ2) is 9.68. The summed E-state index contributed by atoms with van der Waals surface area (Å²) in [5.41, 5.74) is 4.87. The van der Waals surface area contributed by atoms with Gasteiger partial charge in [-0.3, -0.25) is 0 Å². The Kier molecular flexibility index (Phi) is 6.34. The predicted octanol–water partition coefficient (Wildman–Crippen LogP) is 4.02. The lowest BCUT2D eigenvalue weighted by Gasteiger charge is -2.07. The van der Waals surface area contributed by atoms with E-state index in [1.165, 1.54) is 14.2 Å². The molecule has 0 bridgehead atoms. The van der Waals surface area contributed by atoms with Gasteiger partial charge in [0.15, 0.2) is 5.57 Å². The first-order valence-electron chi connectivity index (χ1n) is 10.2. The van der Waals surface area contributed by atoms with Crippen LogP contribution < -0.4 is 4.57 Å². The van der Waals surface area contributed by atoms with Gasteiger partial charge in [-0.05, 0) is 42.1 Å². The standard InChI is InChI=1S/C26H21N3O4/c1-32-23(30)18-22(26(31)33-2)25-28(20-14-8-4-9-15-20)24(19-12-6-3-7-13-19)27-29(25)21-16-10-5-11-17-21/h3-17H,1-2H3/p+1. The average molecular weight is 440 g/mol. The molecule has 7 heteroatoms. The maximum absolute atomic E-state index is 12.9. The number of methoxy groups -OCH3 is 2. The van der Waals surface area contributed by atoms with Gasteiger partial charge in [0.1, 0.15) is 11.4 Å². The van der Waals surface area contributed by atoms with Crippen LogP contribution in [0.2, 0.25) is 0 Å². The SMILES string of the molecule is COC(=O)C(=C=C(O)OC)c1n(-c2ccccc2)nc(-c2ccccc2)[n+]1-c1ccccc1. The highest BCUT2D eigenvalue weighted by Crippen LogP contribution is 2.24. The fourth-order valence-corrected chi connectivity index (χ4v) is 3.40. The van der Waals surface area contributed by atoms with Gasteiger partial charge >= 0.3 is 17.7 Å². The van der Waals surface area contributed by atoms with E-state index in [1.54, 1.807) is 4.68 Å². The van der Waals surface area contributed by atoms with Crippen molar-refractivity contribution in [2.75, 3.05) is 14.2 Å². The molecule has 0 radical (unpaired) electrons. The van der Waals surface area contributed by atoms with Crippen molar-refractivity contribution in [3.05, 3.63) is 108 Å². The summed E-state index contributed by atoms with van der Waals surface area (Å²) in [7, 11) is 2.55. The lowest BCUT2D eigenvalue weighted by Crippen LogP contribution is -2.37. The normalized spacial score (nSPS) is 10.2. The molecule has 1 heterocycles.